The number of nitro benzene ring substituents is 1. The number of nitrogens with zero attached hydrogens (tertiary/aromatic N) is 2. The molecule has 0 fully saturated rings. The predicted molar refractivity (Wildman–Crippen MR) is 56.8 cm³/mol. The number of rotatable bonds is 4. The summed E-state index contributed by atoms with van der Waals surface area (Å²) in [4.78, 5) is 11.2. The molecule has 0 saturated heterocycles. The molecule has 2 N–H and O–H groups in total. The van der Waals surface area contributed by atoms with Gasteiger partial charge in [-0.05, 0) is 12.1 Å². The van der Waals surface area contributed by atoms with Gasteiger partial charge in [0.25, 0.3) is 6.43 Å². The lowest BCUT2D eigenvalue weighted by Gasteiger charge is -2.18. The largest absolute Gasteiger partial charge is 0.393 e. The van der Waals surface area contributed by atoms with Crippen LogP contribution in [0.2, 0.25) is 0 Å². The molecule has 5 nitrogen and oxygen atoms in total. The van der Waals surface area contributed by atoms with Crippen LogP contribution in [0.25, 0.3) is 0 Å². The number of nitrogens with two attached hydrogens (primary N) is 1. The maximum atomic E-state index is 12.2. The highest BCUT2D eigenvalue weighted by Gasteiger charge is 2.21. The molecule has 0 atom stereocenters. The van der Waals surface area contributed by atoms with Crippen molar-refractivity contribution >= 4 is 17.1 Å². The smallest absolute Gasteiger partial charge is 0.315 e. The Hall–Kier alpha value is -1.92. The Morgan fingerprint density at radius 1 is 1.56 bits per heavy atom. The van der Waals surface area contributed by atoms with Gasteiger partial charge in [-0.2, -0.15) is 0 Å². The van der Waals surface area contributed by atoms with Crippen molar-refractivity contribution in [3.63, 3.8) is 0 Å². The lowest BCUT2D eigenvalue weighted by atomic mass is 10.2. The summed E-state index contributed by atoms with van der Waals surface area (Å²) in [5, 5.41) is 10.7. The topological polar surface area (TPSA) is 72.4 Å². The van der Waals surface area contributed by atoms with Crippen molar-refractivity contribution in [2.75, 3.05) is 24.2 Å². The van der Waals surface area contributed by atoms with E-state index in [-0.39, 0.29) is 17.1 Å². The van der Waals surface area contributed by atoms with Crippen LogP contribution in [0.3, 0.4) is 0 Å². The lowest BCUT2D eigenvalue weighted by molar-refractivity contribution is -0.383. The van der Waals surface area contributed by atoms with Gasteiger partial charge in [0, 0.05) is 7.05 Å². The molecule has 0 saturated carbocycles. The van der Waals surface area contributed by atoms with Crippen LogP contribution in [-0.2, 0) is 0 Å². The van der Waals surface area contributed by atoms with Gasteiger partial charge in [-0.1, -0.05) is 6.07 Å². The molecular formula is C9H11F2N3O2. The van der Waals surface area contributed by atoms with E-state index in [0.717, 1.165) is 4.90 Å². The Bertz CT molecular complexity index is 398. The van der Waals surface area contributed by atoms with Gasteiger partial charge in [0.15, 0.2) is 0 Å². The molecule has 0 unspecified atom stereocenters. The molecule has 16 heavy (non-hydrogen) atoms. The van der Waals surface area contributed by atoms with Crippen LogP contribution >= 0.6 is 0 Å². The summed E-state index contributed by atoms with van der Waals surface area (Å²) < 4.78 is 24.3. The third-order valence-electron chi connectivity index (χ3n) is 2.05. The summed E-state index contributed by atoms with van der Waals surface area (Å²) in [6.45, 7) is -0.579. The first kappa shape index (κ1) is 12.2. The maximum absolute atomic E-state index is 12.2. The summed E-state index contributed by atoms with van der Waals surface area (Å²) in [7, 11) is 1.36. The fraction of sp³-hybridized carbons (Fsp3) is 0.333. The number of nitro groups is 1. The van der Waals surface area contributed by atoms with E-state index in [9.17, 15) is 18.9 Å². The standard InChI is InChI=1S/C9H11F2N3O2/c1-13(5-8(10)11)7-4-2-3-6(12)9(7)14(15)16/h2-4,8H,5,12H2,1H3. The van der Waals surface area contributed by atoms with E-state index < -0.39 is 17.9 Å². The number of hydrogen-bond donors (Lipinski definition) is 1. The summed E-state index contributed by atoms with van der Waals surface area (Å²) >= 11 is 0. The number of alkyl halides is 2. The molecule has 0 bridgehead atoms. The van der Waals surface area contributed by atoms with E-state index >= 15 is 0 Å². The number of benzene rings is 1. The second-order valence-corrected chi connectivity index (χ2v) is 3.24. The van der Waals surface area contributed by atoms with E-state index in [1.165, 1.54) is 25.2 Å². The lowest BCUT2D eigenvalue weighted by Crippen LogP contribution is -2.25. The molecule has 0 spiro atoms. The van der Waals surface area contributed by atoms with Crippen molar-refractivity contribution in [3.05, 3.63) is 28.3 Å². The average Bonchev–Trinajstić information content (AvgIpc) is 2.15. The predicted octanol–water partition coefficient (Wildman–Crippen LogP) is 1.88. The van der Waals surface area contributed by atoms with Crippen molar-refractivity contribution in [1.29, 1.82) is 0 Å². The Kier molecular flexibility index (Phi) is 3.60. The van der Waals surface area contributed by atoms with Gasteiger partial charge in [0.1, 0.15) is 11.4 Å². The van der Waals surface area contributed by atoms with Gasteiger partial charge >= 0.3 is 5.69 Å². The minimum Gasteiger partial charge on any atom is -0.393 e. The first-order valence-electron chi connectivity index (χ1n) is 4.45. The summed E-state index contributed by atoms with van der Waals surface area (Å²) in [6, 6.07) is 4.23. The Balaban J connectivity index is 3.12. The Morgan fingerprint density at radius 3 is 2.69 bits per heavy atom. The number of anilines is 2. The second-order valence-electron chi connectivity index (χ2n) is 3.24. The molecule has 1 aromatic rings. The highest BCUT2D eigenvalue weighted by Crippen LogP contribution is 2.32. The van der Waals surface area contributed by atoms with Crippen molar-refractivity contribution < 1.29 is 13.7 Å². The molecule has 0 aliphatic heterocycles. The van der Waals surface area contributed by atoms with Gasteiger partial charge in [0.05, 0.1) is 11.5 Å². The molecule has 0 radical (unpaired) electrons. The Morgan fingerprint density at radius 2 is 2.19 bits per heavy atom. The molecular weight excluding hydrogens is 220 g/mol. The number of halogens is 2. The molecule has 0 aliphatic carbocycles. The SMILES string of the molecule is CN(CC(F)F)c1cccc(N)c1[N+](=O)[O-]. The average molecular weight is 231 g/mol. The van der Waals surface area contributed by atoms with Crippen LogP contribution in [0.5, 0.6) is 0 Å². The fourth-order valence-electron chi connectivity index (χ4n) is 1.36. The van der Waals surface area contributed by atoms with Gasteiger partial charge in [-0.25, -0.2) is 8.78 Å². The molecule has 0 aliphatic rings. The normalized spacial score (nSPS) is 10.5. The number of hydrogen-bond acceptors (Lipinski definition) is 4. The molecule has 0 amide bonds. The van der Waals surface area contributed by atoms with Crippen LogP contribution in [0.4, 0.5) is 25.8 Å². The second kappa shape index (κ2) is 4.73. The van der Waals surface area contributed by atoms with Gasteiger partial charge in [-0.15, -0.1) is 0 Å². The fourth-order valence-corrected chi connectivity index (χ4v) is 1.36. The molecule has 7 heteroatoms. The third kappa shape index (κ3) is 2.56. The van der Waals surface area contributed by atoms with Crippen molar-refractivity contribution in [2.24, 2.45) is 0 Å². The quantitative estimate of drug-likeness (QED) is 0.487. The van der Waals surface area contributed by atoms with E-state index in [2.05, 4.69) is 0 Å². The summed E-state index contributed by atoms with van der Waals surface area (Å²) in [6.07, 6.45) is -2.56. The van der Waals surface area contributed by atoms with Gasteiger partial charge in [0.2, 0.25) is 0 Å². The maximum Gasteiger partial charge on any atom is 0.315 e. The molecule has 0 heterocycles. The zero-order chi connectivity index (χ0) is 12.3. The van der Waals surface area contributed by atoms with Crippen LogP contribution in [-0.4, -0.2) is 24.9 Å². The zero-order valence-electron chi connectivity index (χ0n) is 8.56. The van der Waals surface area contributed by atoms with Gasteiger partial charge < -0.3 is 10.6 Å². The van der Waals surface area contributed by atoms with Crippen molar-refractivity contribution in [1.82, 2.24) is 0 Å². The molecule has 88 valence electrons. The zero-order valence-corrected chi connectivity index (χ0v) is 8.56. The molecule has 1 aromatic carbocycles. The van der Waals surface area contributed by atoms with Crippen LogP contribution in [0, 0.1) is 10.1 Å². The number of nitrogen functional groups attached to an aromatic ring is 1. The van der Waals surface area contributed by atoms with E-state index in [0.29, 0.717) is 0 Å². The van der Waals surface area contributed by atoms with Crippen molar-refractivity contribution in [2.45, 2.75) is 6.43 Å². The first-order valence-corrected chi connectivity index (χ1v) is 4.45. The molecule has 0 aromatic heterocycles. The summed E-state index contributed by atoms with van der Waals surface area (Å²) in [5.74, 6) is 0. The monoisotopic (exact) mass is 231 g/mol. The van der Waals surface area contributed by atoms with Crippen LogP contribution in [0.1, 0.15) is 0 Å². The summed E-state index contributed by atoms with van der Waals surface area (Å²) in [5.41, 5.74) is 5.14. The van der Waals surface area contributed by atoms with Crippen molar-refractivity contribution in [3.8, 4) is 0 Å². The third-order valence-corrected chi connectivity index (χ3v) is 2.05. The van der Waals surface area contributed by atoms with E-state index in [4.69, 9.17) is 5.73 Å². The first-order chi connectivity index (χ1) is 7.43. The van der Waals surface area contributed by atoms with E-state index in [1.54, 1.807) is 0 Å². The van der Waals surface area contributed by atoms with Gasteiger partial charge in [-0.3, -0.25) is 10.1 Å². The minimum absolute atomic E-state index is 0.0383. The number of para-hydroxylation sites is 1. The Labute approximate surface area is 90.6 Å². The highest BCUT2D eigenvalue weighted by molar-refractivity contribution is 5.75. The highest BCUT2D eigenvalue weighted by atomic mass is 19.3. The molecule has 1 rings (SSSR count). The van der Waals surface area contributed by atoms with Crippen LogP contribution in [0.15, 0.2) is 18.2 Å². The minimum atomic E-state index is -2.56. The van der Waals surface area contributed by atoms with Crippen LogP contribution < -0.4 is 10.6 Å². The van der Waals surface area contributed by atoms with E-state index in [1.807, 2.05) is 0 Å².